The maximum absolute atomic E-state index is 14.0. The van der Waals surface area contributed by atoms with Crippen LogP contribution in [0.25, 0.3) is 34.0 Å². The van der Waals surface area contributed by atoms with Gasteiger partial charge in [-0.05, 0) is 101 Å². The summed E-state index contributed by atoms with van der Waals surface area (Å²) < 4.78 is 25.9. The lowest BCUT2D eigenvalue weighted by atomic mass is 9.93. The van der Waals surface area contributed by atoms with Crippen molar-refractivity contribution in [2.24, 2.45) is 5.92 Å². The van der Waals surface area contributed by atoms with Crippen molar-refractivity contribution in [1.29, 1.82) is 0 Å². The summed E-state index contributed by atoms with van der Waals surface area (Å²) in [6.07, 6.45) is 10.7. The van der Waals surface area contributed by atoms with Gasteiger partial charge in [0.05, 0.1) is 12.6 Å². The molecule has 218 valence electrons. The largest absolute Gasteiger partial charge is 0.497 e. The highest BCUT2D eigenvalue weighted by molar-refractivity contribution is 6.12. The number of methoxy groups -OCH3 is 1. The molecule has 3 aromatic carbocycles. The van der Waals surface area contributed by atoms with E-state index in [1.54, 1.807) is 19.3 Å². The molecule has 2 aliphatic rings. The van der Waals surface area contributed by atoms with Gasteiger partial charge in [-0.3, -0.25) is 9.69 Å². The minimum absolute atomic E-state index is 0.118. The smallest absolute Gasteiger partial charge is 0.244 e. The van der Waals surface area contributed by atoms with Crippen molar-refractivity contribution >= 4 is 39.9 Å². The zero-order chi connectivity index (χ0) is 29.3. The summed E-state index contributed by atoms with van der Waals surface area (Å²) in [5.74, 6) is 1.86. The fourth-order valence-electron chi connectivity index (χ4n) is 6.07. The third-order valence-electron chi connectivity index (χ3n) is 8.46. The zero-order valence-corrected chi connectivity index (χ0v) is 24.5. The average molecular weight is 568 g/mol. The highest BCUT2D eigenvalue weighted by Crippen LogP contribution is 2.42. The van der Waals surface area contributed by atoms with Gasteiger partial charge in [0.1, 0.15) is 22.9 Å². The number of hydrogen-bond donors (Lipinski definition) is 2. The van der Waals surface area contributed by atoms with Crippen LogP contribution in [0.2, 0.25) is 0 Å². The van der Waals surface area contributed by atoms with Crippen molar-refractivity contribution in [2.75, 3.05) is 26.7 Å². The Labute approximate surface area is 246 Å². The number of rotatable bonds is 8. The number of carbonyl (C=O) groups is 1. The highest BCUT2D eigenvalue weighted by Gasteiger charge is 2.26. The summed E-state index contributed by atoms with van der Waals surface area (Å²) in [5.41, 5.74) is 4.15. The lowest BCUT2D eigenvalue weighted by Crippen LogP contribution is -2.34. The van der Waals surface area contributed by atoms with Gasteiger partial charge in [0.2, 0.25) is 5.91 Å². The third-order valence-corrected chi connectivity index (χ3v) is 8.46. The first kappa shape index (κ1) is 28.0. The van der Waals surface area contributed by atoms with Gasteiger partial charge in [0.25, 0.3) is 0 Å². The number of hydrogen-bond acceptors (Lipinski definition) is 4. The Morgan fingerprint density at radius 2 is 1.98 bits per heavy atom. The Kier molecular flexibility index (Phi) is 7.78. The van der Waals surface area contributed by atoms with Crippen molar-refractivity contribution < 1.29 is 18.7 Å². The van der Waals surface area contributed by atoms with Crippen molar-refractivity contribution in [3.8, 4) is 11.5 Å². The molecule has 1 amide bonds. The van der Waals surface area contributed by atoms with Gasteiger partial charge in [0.15, 0.2) is 0 Å². The van der Waals surface area contributed by atoms with Crippen molar-refractivity contribution in [3.05, 3.63) is 83.2 Å². The molecule has 0 saturated carbocycles. The fraction of sp³-hybridized carbons (Fsp3) is 0.343. The molecule has 6 rings (SSSR count). The molecular weight excluding hydrogens is 529 g/mol. The van der Waals surface area contributed by atoms with Gasteiger partial charge in [-0.2, -0.15) is 0 Å². The van der Waals surface area contributed by atoms with Crippen LogP contribution in [-0.2, 0) is 11.3 Å². The maximum Gasteiger partial charge on any atom is 0.244 e. The minimum Gasteiger partial charge on any atom is -0.497 e. The summed E-state index contributed by atoms with van der Waals surface area (Å²) in [6.45, 7) is 7.23. The zero-order valence-electron chi connectivity index (χ0n) is 24.5. The highest BCUT2D eigenvalue weighted by atomic mass is 19.1. The molecule has 0 unspecified atom stereocenters. The van der Waals surface area contributed by atoms with Crippen LogP contribution < -0.4 is 14.8 Å². The second-order valence-corrected chi connectivity index (χ2v) is 11.9. The van der Waals surface area contributed by atoms with Crippen LogP contribution in [0.1, 0.15) is 49.8 Å². The number of amides is 1. The van der Waals surface area contributed by atoms with Crippen LogP contribution in [0, 0.1) is 11.7 Å². The fourth-order valence-corrected chi connectivity index (χ4v) is 6.07. The van der Waals surface area contributed by atoms with E-state index in [0.717, 1.165) is 82.3 Å². The first-order valence-corrected chi connectivity index (χ1v) is 14.8. The lowest BCUT2D eigenvalue weighted by Gasteiger charge is -2.32. The number of ether oxygens (including phenoxy) is 2. The Morgan fingerprint density at radius 3 is 2.76 bits per heavy atom. The number of fused-ring (bicyclic) bond motifs is 5. The monoisotopic (exact) mass is 567 g/mol. The summed E-state index contributed by atoms with van der Waals surface area (Å²) >= 11 is 0. The molecule has 1 aromatic heterocycles. The Balaban J connectivity index is 1.10. The second kappa shape index (κ2) is 11.6. The van der Waals surface area contributed by atoms with Crippen LogP contribution >= 0.6 is 0 Å². The van der Waals surface area contributed by atoms with Crippen LogP contribution in [0.15, 0.2) is 60.7 Å². The van der Waals surface area contributed by atoms with Gasteiger partial charge in [-0.15, -0.1) is 0 Å². The predicted octanol–water partition coefficient (Wildman–Crippen LogP) is 7.08. The molecule has 2 N–H and O–H groups in total. The summed E-state index contributed by atoms with van der Waals surface area (Å²) in [5, 5.41) is 5.18. The quantitative estimate of drug-likeness (QED) is 0.223. The molecule has 7 heteroatoms. The SMILES string of the molecule is COc1ccc2[nH]c3c4c(c(/C=C/C(=O)NCCC5CCN(Cc6ccccc6F)CC5)cc3c2c1)OC(C)(C)C=C4. The van der Waals surface area contributed by atoms with Crippen molar-refractivity contribution in [1.82, 2.24) is 15.2 Å². The number of aromatic nitrogens is 1. The summed E-state index contributed by atoms with van der Waals surface area (Å²) in [6, 6.07) is 15.1. The summed E-state index contributed by atoms with van der Waals surface area (Å²) in [4.78, 5) is 18.7. The Bertz CT molecular complexity index is 1680. The van der Waals surface area contributed by atoms with Crippen LogP contribution in [0.3, 0.4) is 0 Å². The van der Waals surface area contributed by atoms with Gasteiger partial charge in [-0.1, -0.05) is 18.2 Å². The number of piperidine rings is 1. The van der Waals surface area contributed by atoms with E-state index in [0.29, 0.717) is 19.0 Å². The molecule has 0 aliphatic carbocycles. The van der Waals surface area contributed by atoms with E-state index < -0.39 is 5.60 Å². The molecule has 0 spiro atoms. The van der Waals surface area contributed by atoms with Crippen LogP contribution in [-0.4, -0.2) is 48.1 Å². The first-order chi connectivity index (χ1) is 20.3. The molecule has 0 radical (unpaired) electrons. The van der Waals surface area contributed by atoms with E-state index in [4.69, 9.17) is 9.47 Å². The second-order valence-electron chi connectivity index (χ2n) is 11.9. The molecule has 1 fully saturated rings. The molecule has 6 nitrogen and oxygen atoms in total. The predicted molar refractivity (Wildman–Crippen MR) is 167 cm³/mol. The average Bonchev–Trinajstić information content (AvgIpc) is 3.35. The molecule has 3 heterocycles. The molecule has 0 atom stereocenters. The normalized spacial score (nSPS) is 17.0. The van der Waals surface area contributed by atoms with Crippen LogP contribution in [0.4, 0.5) is 4.39 Å². The van der Waals surface area contributed by atoms with Gasteiger partial charge in [-0.25, -0.2) is 4.39 Å². The molecule has 1 saturated heterocycles. The number of likely N-dealkylation sites (tertiary alicyclic amines) is 1. The number of halogens is 1. The minimum atomic E-state index is -0.453. The number of carbonyl (C=O) groups excluding carboxylic acids is 1. The van der Waals surface area contributed by atoms with Crippen LogP contribution in [0.5, 0.6) is 11.5 Å². The Morgan fingerprint density at radius 1 is 1.17 bits per heavy atom. The van der Waals surface area contributed by atoms with Gasteiger partial charge < -0.3 is 19.8 Å². The first-order valence-electron chi connectivity index (χ1n) is 14.8. The lowest BCUT2D eigenvalue weighted by molar-refractivity contribution is -0.116. The maximum atomic E-state index is 14.0. The van der Waals surface area contributed by atoms with E-state index in [-0.39, 0.29) is 11.7 Å². The number of benzene rings is 3. The molecule has 4 aromatic rings. The van der Waals surface area contributed by atoms with Crippen molar-refractivity contribution in [2.45, 2.75) is 45.3 Å². The van der Waals surface area contributed by atoms with E-state index in [2.05, 4.69) is 33.4 Å². The van der Waals surface area contributed by atoms with E-state index in [1.807, 2.05) is 50.3 Å². The standard InChI is InChI=1S/C35H38FN3O3/c1-35(2)16-12-27-33-29(28-21-26(41-3)9-10-31(28)38-33)20-24(34(27)42-35)8-11-32(40)37-17-13-23-14-18-39(19-15-23)22-25-6-4-5-7-30(25)36/h4-12,16,20-21,23,38H,13-15,17-19,22H2,1-3H3,(H,37,40)/b11-8+. The number of aromatic amines is 1. The summed E-state index contributed by atoms with van der Waals surface area (Å²) in [7, 11) is 1.67. The molecular formula is C35H38FN3O3. The molecule has 42 heavy (non-hydrogen) atoms. The number of nitrogens with zero attached hydrogens (tertiary/aromatic N) is 1. The van der Waals surface area contributed by atoms with Gasteiger partial charge in [0, 0.05) is 52.1 Å². The third kappa shape index (κ3) is 5.93. The van der Waals surface area contributed by atoms with Gasteiger partial charge >= 0.3 is 0 Å². The van der Waals surface area contributed by atoms with E-state index >= 15 is 0 Å². The topological polar surface area (TPSA) is 66.6 Å². The number of nitrogens with one attached hydrogen (secondary N) is 2. The Hall–Kier alpha value is -4.10. The molecule has 0 bridgehead atoms. The van der Waals surface area contributed by atoms with E-state index in [9.17, 15) is 9.18 Å². The molecule has 2 aliphatic heterocycles. The van der Waals surface area contributed by atoms with E-state index in [1.165, 1.54) is 6.07 Å². The number of H-pyrrole nitrogens is 1. The van der Waals surface area contributed by atoms with Crippen molar-refractivity contribution in [3.63, 3.8) is 0 Å².